The number of carbonyl (C=O) groups excluding carboxylic acids is 2. The number of aryl methyl sites for hydroxylation is 1. The van der Waals surface area contributed by atoms with Crippen LogP contribution in [0, 0.1) is 0 Å². The Balaban J connectivity index is 1.41. The van der Waals surface area contributed by atoms with Crippen molar-refractivity contribution in [2.75, 3.05) is 5.32 Å². The minimum Gasteiger partial charge on any atom is -0.423 e. The summed E-state index contributed by atoms with van der Waals surface area (Å²) in [5.41, 5.74) is 6.15. The van der Waals surface area contributed by atoms with Gasteiger partial charge in [0.05, 0.1) is 6.61 Å². The lowest BCUT2D eigenvalue weighted by atomic mass is 9.78. The van der Waals surface area contributed by atoms with Crippen LogP contribution in [0.25, 0.3) is 11.1 Å². The SMILES string of the molecule is CC(=O)c1ccc(-c2cccc(NC(=O)CCc3cccc4c3COB4O)c2)cc1. The van der Waals surface area contributed by atoms with Crippen LogP contribution in [0.4, 0.5) is 5.69 Å². The molecule has 1 aliphatic heterocycles. The lowest BCUT2D eigenvalue weighted by Crippen LogP contribution is -2.28. The molecule has 0 saturated heterocycles. The number of fused-ring (bicyclic) bond motifs is 1. The number of hydrogen-bond donors (Lipinski definition) is 2. The van der Waals surface area contributed by atoms with E-state index in [2.05, 4.69) is 5.32 Å². The number of anilines is 1. The molecule has 0 atom stereocenters. The van der Waals surface area contributed by atoms with E-state index < -0.39 is 7.12 Å². The molecule has 4 rings (SSSR count). The predicted octanol–water partition coefficient (Wildman–Crippen LogP) is 3.35. The van der Waals surface area contributed by atoms with E-state index in [4.69, 9.17) is 4.65 Å². The molecular formula is C24H22BNO4. The van der Waals surface area contributed by atoms with Gasteiger partial charge in [0.25, 0.3) is 0 Å². The van der Waals surface area contributed by atoms with Gasteiger partial charge in [-0.25, -0.2) is 0 Å². The Morgan fingerprint density at radius 1 is 1.03 bits per heavy atom. The summed E-state index contributed by atoms with van der Waals surface area (Å²) in [6.07, 6.45) is 0.918. The second kappa shape index (κ2) is 8.65. The third-order valence-electron chi connectivity index (χ3n) is 5.35. The minimum atomic E-state index is -0.874. The van der Waals surface area contributed by atoms with Crippen molar-refractivity contribution in [3.63, 3.8) is 0 Å². The molecule has 0 radical (unpaired) electrons. The first-order valence-corrected chi connectivity index (χ1v) is 9.93. The largest absolute Gasteiger partial charge is 0.491 e. The van der Waals surface area contributed by atoms with Crippen LogP contribution in [-0.4, -0.2) is 23.8 Å². The maximum absolute atomic E-state index is 12.5. The molecule has 0 spiro atoms. The van der Waals surface area contributed by atoms with Crippen LogP contribution in [0.5, 0.6) is 0 Å². The highest BCUT2D eigenvalue weighted by molar-refractivity contribution is 6.61. The molecule has 0 fully saturated rings. The van der Waals surface area contributed by atoms with Crippen LogP contribution in [-0.2, 0) is 22.5 Å². The van der Waals surface area contributed by atoms with Crippen LogP contribution in [0.3, 0.4) is 0 Å². The quantitative estimate of drug-likeness (QED) is 0.493. The highest BCUT2D eigenvalue weighted by atomic mass is 16.5. The van der Waals surface area contributed by atoms with Crippen LogP contribution in [0.15, 0.2) is 66.7 Å². The molecule has 0 saturated carbocycles. The summed E-state index contributed by atoms with van der Waals surface area (Å²) in [4.78, 5) is 23.9. The first kappa shape index (κ1) is 20.1. The van der Waals surface area contributed by atoms with Crippen molar-refractivity contribution >= 4 is 30.0 Å². The summed E-state index contributed by atoms with van der Waals surface area (Å²) >= 11 is 0. The maximum atomic E-state index is 12.5. The van der Waals surface area contributed by atoms with Crippen LogP contribution in [0.1, 0.15) is 34.8 Å². The number of amides is 1. The van der Waals surface area contributed by atoms with Gasteiger partial charge >= 0.3 is 7.12 Å². The fraction of sp³-hybridized carbons (Fsp3) is 0.167. The highest BCUT2D eigenvalue weighted by Crippen LogP contribution is 2.24. The van der Waals surface area contributed by atoms with E-state index in [9.17, 15) is 14.6 Å². The molecule has 3 aromatic carbocycles. The molecule has 6 heteroatoms. The van der Waals surface area contributed by atoms with Gasteiger partial charge in [0, 0.05) is 17.7 Å². The normalized spacial score (nSPS) is 12.5. The van der Waals surface area contributed by atoms with Crippen LogP contribution < -0.4 is 10.8 Å². The summed E-state index contributed by atoms with van der Waals surface area (Å²) < 4.78 is 5.28. The Morgan fingerprint density at radius 2 is 1.80 bits per heavy atom. The maximum Gasteiger partial charge on any atom is 0.491 e. The highest BCUT2D eigenvalue weighted by Gasteiger charge is 2.28. The Morgan fingerprint density at radius 3 is 2.57 bits per heavy atom. The zero-order chi connectivity index (χ0) is 21.1. The molecule has 5 nitrogen and oxygen atoms in total. The Kier molecular flexibility index (Phi) is 5.79. The van der Waals surface area contributed by atoms with Crippen molar-refractivity contribution in [1.29, 1.82) is 0 Å². The monoisotopic (exact) mass is 399 g/mol. The number of hydrogen-bond acceptors (Lipinski definition) is 4. The molecule has 30 heavy (non-hydrogen) atoms. The Labute approximate surface area is 175 Å². The van der Waals surface area contributed by atoms with Gasteiger partial charge in [0.2, 0.25) is 5.91 Å². The molecule has 2 N–H and O–H groups in total. The van der Waals surface area contributed by atoms with Crippen LogP contribution in [0.2, 0.25) is 0 Å². The summed E-state index contributed by atoms with van der Waals surface area (Å²) in [6.45, 7) is 1.92. The standard InChI is InChI=1S/C24H22BNO4/c1-16(27)17-8-10-18(11-9-17)20-5-2-6-21(14-20)26-24(28)13-12-19-4-3-7-23-22(19)15-30-25(23)29/h2-11,14,29H,12-13,15H2,1H3,(H,26,28). The summed E-state index contributed by atoms with van der Waals surface area (Å²) in [6, 6.07) is 20.8. The van der Waals surface area contributed by atoms with Gasteiger partial charge in [0.15, 0.2) is 5.78 Å². The second-order valence-electron chi connectivity index (χ2n) is 7.41. The van der Waals surface area contributed by atoms with Gasteiger partial charge in [-0.15, -0.1) is 0 Å². The predicted molar refractivity (Wildman–Crippen MR) is 118 cm³/mol. The van der Waals surface area contributed by atoms with E-state index in [1.54, 1.807) is 6.92 Å². The molecular weight excluding hydrogens is 377 g/mol. The van der Waals surface area contributed by atoms with Crippen molar-refractivity contribution in [3.05, 3.63) is 83.4 Å². The molecule has 1 aliphatic rings. The average Bonchev–Trinajstić information content (AvgIpc) is 3.14. The molecule has 0 aliphatic carbocycles. The van der Waals surface area contributed by atoms with Gasteiger partial charge in [-0.3, -0.25) is 9.59 Å². The van der Waals surface area contributed by atoms with E-state index in [-0.39, 0.29) is 11.7 Å². The van der Waals surface area contributed by atoms with Gasteiger partial charge in [0.1, 0.15) is 0 Å². The summed E-state index contributed by atoms with van der Waals surface area (Å²) in [7, 11) is -0.874. The number of nitrogens with one attached hydrogen (secondary N) is 1. The average molecular weight is 399 g/mol. The molecule has 0 unspecified atom stereocenters. The molecule has 1 heterocycles. The number of Topliss-reactive ketones (excluding diaryl/α,β-unsaturated/α-hetero) is 1. The van der Waals surface area contributed by atoms with Gasteiger partial charge in [-0.1, -0.05) is 54.6 Å². The fourth-order valence-electron chi connectivity index (χ4n) is 3.69. The first-order chi connectivity index (χ1) is 14.5. The summed E-state index contributed by atoms with van der Waals surface area (Å²) in [5.74, 6) is -0.0381. The zero-order valence-corrected chi connectivity index (χ0v) is 16.7. The number of benzene rings is 3. The van der Waals surface area contributed by atoms with E-state index in [0.717, 1.165) is 33.4 Å². The number of ketones is 1. The lowest BCUT2D eigenvalue weighted by Gasteiger charge is -2.10. The number of rotatable bonds is 6. The third-order valence-corrected chi connectivity index (χ3v) is 5.35. The zero-order valence-electron chi connectivity index (χ0n) is 16.7. The van der Waals surface area contributed by atoms with E-state index in [1.165, 1.54) is 0 Å². The molecule has 0 bridgehead atoms. The van der Waals surface area contributed by atoms with E-state index in [1.807, 2.05) is 66.7 Å². The Bertz CT molecular complexity index is 1090. The van der Waals surface area contributed by atoms with Gasteiger partial charge in [-0.05, 0) is 53.2 Å². The first-order valence-electron chi connectivity index (χ1n) is 9.93. The summed E-state index contributed by atoms with van der Waals surface area (Å²) in [5, 5.41) is 12.8. The van der Waals surface area contributed by atoms with Gasteiger partial charge in [-0.2, -0.15) is 0 Å². The van der Waals surface area contributed by atoms with Crippen molar-refractivity contribution < 1.29 is 19.3 Å². The molecule has 0 aromatic heterocycles. The smallest absolute Gasteiger partial charge is 0.423 e. The van der Waals surface area contributed by atoms with Crippen molar-refractivity contribution in [3.8, 4) is 11.1 Å². The van der Waals surface area contributed by atoms with Crippen molar-refractivity contribution in [2.45, 2.75) is 26.4 Å². The third kappa shape index (κ3) is 4.35. The fourth-order valence-corrected chi connectivity index (χ4v) is 3.69. The topological polar surface area (TPSA) is 75.6 Å². The van der Waals surface area contributed by atoms with Crippen molar-refractivity contribution in [1.82, 2.24) is 0 Å². The molecule has 150 valence electrons. The van der Waals surface area contributed by atoms with Crippen molar-refractivity contribution in [2.24, 2.45) is 0 Å². The molecule has 3 aromatic rings. The second-order valence-corrected chi connectivity index (χ2v) is 7.41. The van der Waals surface area contributed by atoms with E-state index >= 15 is 0 Å². The number of carbonyl (C=O) groups is 2. The van der Waals surface area contributed by atoms with Crippen LogP contribution >= 0.6 is 0 Å². The minimum absolute atomic E-state index is 0.0349. The van der Waals surface area contributed by atoms with Gasteiger partial charge < -0.3 is 15.0 Å². The Hall–Kier alpha value is -3.22. The lowest BCUT2D eigenvalue weighted by molar-refractivity contribution is -0.116. The molecule has 1 amide bonds. The van der Waals surface area contributed by atoms with E-state index in [0.29, 0.717) is 25.0 Å².